The number of nitrogens with zero attached hydrogens (tertiary/aromatic N) is 2. The number of hydrogen-bond acceptors (Lipinski definition) is 8. The topological polar surface area (TPSA) is 179 Å². The van der Waals surface area contributed by atoms with Crippen LogP contribution in [-0.2, 0) is 28.8 Å². The van der Waals surface area contributed by atoms with Crippen LogP contribution in [0.1, 0.15) is 82.6 Å². The van der Waals surface area contributed by atoms with Gasteiger partial charge < -0.3 is 20.1 Å². The number of ether oxygens (including phenoxy) is 1. The van der Waals surface area contributed by atoms with E-state index < -0.39 is 47.4 Å². The number of benzene rings is 1. The van der Waals surface area contributed by atoms with Gasteiger partial charge in [0.2, 0.25) is 23.6 Å². The summed E-state index contributed by atoms with van der Waals surface area (Å²) < 4.78 is 5.65. The lowest BCUT2D eigenvalue weighted by molar-refractivity contribution is -0.142. The van der Waals surface area contributed by atoms with Crippen molar-refractivity contribution in [2.75, 3.05) is 19.7 Å². The van der Waals surface area contributed by atoms with E-state index in [1.165, 1.54) is 9.80 Å². The molecule has 3 fully saturated rings. The van der Waals surface area contributed by atoms with Crippen LogP contribution in [0.3, 0.4) is 0 Å². The predicted octanol–water partition coefficient (Wildman–Crippen LogP) is 3.72. The average molecular weight is 639 g/mol. The van der Waals surface area contributed by atoms with Crippen molar-refractivity contribution in [2.24, 2.45) is 29.6 Å². The van der Waals surface area contributed by atoms with Crippen LogP contribution in [0.5, 0.6) is 11.5 Å². The van der Waals surface area contributed by atoms with E-state index in [4.69, 9.17) is 14.9 Å². The average Bonchev–Trinajstić information content (AvgIpc) is 3.40. The van der Waals surface area contributed by atoms with Gasteiger partial charge in [-0.05, 0) is 57.4 Å². The van der Waals surface area contributed by atoms with Gasteiger partial charge in [0.15, 0.2) is 11.5 Å². The molecule has 1 aromatic carbocycles. The number of hydrogen-bond donors (Lipinski definition) is 3. The van der Waals surface area contributed by atoms with Gasteiger partial charge in [0.25, 0.3) is 0 Å². The minimum absolute atomic E-state index is 0.00908. The number of carboxylic acids is 2. The minimum atomic E-state index is -0.901. The van der Waals surface area contributed by atoms with Crippen LogP contribution in [0, 0.1) is 29.6 Å². The number of carbonyl (C=O) groups is 6. The smallest absolute Gasteiger partial charge is 0.303 e. The molecule has 3 N–H and O–H groups in total. The van der Waals surface area contributed by atoms with Crippen molar-refractivity contribution in [1.82, 2.24) is 9.80 Å². The first-order chi connectivity index (χ1) is 22.1. The highest BCUT2D eigenvalue weighted by molar-refractivity contribution is 6.08. The van der Waals surface area contributed by atoms with Gasteiger partial charge >= 0.3 is 11.9 Å². The fourth-order valence-electron chi connectivity index (χ4n) is 8.02. The van der Waals surface area contributed by atoms with Crippen molar-refractivity contribution in [1.29, 1.82) is 0 Å². The van der Waals surface area contributed by atoms with Crippen LogP contribution in [0.25, 0.3) is 0 Å². The molecule has 1 saturated carbocycles. The Morgan fingerprint density at radius 3 is 1.96 bits per heavy atom. The molecule has 2 heterocycles. The monoisotopic (exact) mass is 638 g/mol. The highest BCUT2D eigenvalue weighted by Crippen LogP contribution is 2.59. The lowest BCUT2D eigenvalue weighted by Gasteiger charge is -2.44. The highest BCUT2D eigenvalue weighted by Gasteiger charge is 2.62. The van der Waals surface area contributed by atoms with Crippen molar-refractivity contribution in [3.8, 4) is 11.5 Å². The first kappa shape index (κ1) is 33.2. The molecule has 6 atom stereocenters. The zero-order chi connectivity index (χ0) is 33.1. The summed E-state index contributed by atoms with van der Waals surface area (Å²) in [7, 11) is 0. The molecule has 12 nitrogen and oxygen atoms in total. The number of imide groups is 2. The Bertz CT molecular complexity index is 1440. The van der Waals surface area contributed by atoms with Crippen molar-refractivity contribution in [2.45, 2.75) is 77.0 Å². The molecule has 1 aromatic rings. The number of rotatable bonds is 15. The molecule has 5 rings (SSSR count). The first-order valence-corrected chi connectivity index (χ1v) is 16.3. The number of fused-ring (bicyclic) bond motifs is 4. The summed E-state index contributed by atoms with van der Waals surface area (Å²) >= 11 is 0. The molecule has 0 bridgehead atoms. The summed E-state index contributed by atoms with van der Waals surface area (Å²) in [5, 5.41) is 29.2. The maximum absolute atomic E-state index is 14.0. The summed E-state index contributed by atoms with van der Waals surface area (Å²) in [6.45, 7) is 2.45. The molecule has 46 heavy (non-hydrogen) atoms. The van der Waals surface area contributed by atoms with E-state index in [2.05, 4.69) is 0 Å². The fourth-order valence-corrected chi connectivity index (χ4v) is 8.02. The van der Waals surface area contributed by atoms with Crippen LogP contribution in [-0.4, -0.2) is 80.4 Å². The Labute approximate surface area is 267 Å². The second-order valence-electron chi connectivity index (χ2n) is 12.7. The molecule has 0 aromatic heterocycles. The van der Waals surface area contributed by atoms with E-state index in [1.54, 1.807) is 25.1 Å². The molecule has 12 heteroatoms. The van der Waals surface area contributed by atoms with E-state index in [1.807, 2.05) is 6.08 Å². The number of carboxylic acid groups (broad SMARTS) is 2. The molecule has 2 saturated heterocycles. The van der Waals surface area contributed by atoms with E-state index in [0.29, 0.717) is 57.1 Å². The first-order valence-electron chi connectivity index (χ1n) is 16.3. The second kappa shape index (κ2) is 14.0. The van der Waals surface area contributed by atoms with Gasteiger partial charge in [-0.2, -0.15) is 0 Å². The van der Waals surface area contributed by atoms with Gasteiger partial charge in [0.1, 0.15) is 0 Å². The number of allylic oxidation sites excluding steroid dienone is 2. The SMILES string of the molecule is CCOc1cccc([C@H]2C3=CC[C@@H]4C(=O)N(CCCCCC(=O)O)C(=O)[C@@H]4[C@@H]3C[C@H]3C(=O)N(CCCCCC(=O)O)C(=O)[C@@H]23)c1O. The van der Waals surface area contributed by atoms with Crippen LogP contribution in [0.2, 0.25) is 0 Å². The molecule has 0 radical (unpaired) electrons. The Balaban J connectivity index is 1.44. The molecular formula is C34H42N2O10. The van der Waals surface area contributed by atoms with Crippen LogP contribution < -0.4 is 4.74 Å². The number of amides is 4. The van der Waals surface area contributed by atoms with E-state index in [-0.39, 0.29) is 67.5 Å². The van der Waals surface area contributed by atoms with Gasteiger partial charge in [-0.15, -0.1) is 0 Å². The Kier molecular flexibility index (Phi) is 10.1. The Hall–Kier alpha value is -4.22. The highest BCUT2D eigenvalue weighted by atomic mass is 16.5. The van der Waals surface area contributed by atoms with Crippen molar-refractivity contribution < 1.29 is 48.8 Å². The van der Waals surface area contributed by atoms with E-state index in [9.17, 15) is 33.9 Å². The summed E-state index contributed by atoms with van der Waals surface area (Å²) in [5.74, 6) is -6.94. The molecule has 2 aliphatic carbocycles. The number of likely N-dealkylation sites (tertiary alicyclic amines) is 2. The zero-order valence-electron chi connectivity index (χ0n) is 26.1. The maximum atomic E-state index is 14.0. The standard InChI is InChI=1S/C34H42N2O10/c1-2-46-24-11-9-10-20(30(24)41)27-19-14-15-21-28(33(44)35(31(21)42)16-7-3-5-12-25(37)38)22(19)18-23-29(27)34(45)36(32(23)43)17-8-4-6-13-26(39)40/h9-11,14,21-23,27-29,41H,2-8,12-13,15-18H2,1H3,(H,37,38)(H,39,40)/t21-,22+,23+,27+,28-,29+/m0/s1. The van der Waals surface area contributed by atoms with E-state index in [0.717, 1.165) is 5.57 Å². The quantitative estimate of drug-likeness (QED) is 0.146. The number of carbonyl (C=O) groups excluding carboxylic acids is 4. The number of para-hydroxylation sites is 1. The normalized spacial score (nSPS) is 26.9. The van der Waals surface area contributed by atoms with Crippen molar-refractivity contribution in [3.63, 3.8) is 0 Å². The molecule has 2 aliphatic heterocycles. The number of phenolic OH excluding ortho intramolecular Hbond substituents is 1. The van der Waals surface area contributed by atoms with Crippen LogP contribution in [0.4, 0.5) is 0 Å². The van der Waals surface area contributed by atoms with Gasteiger partial charge in [0, 0.05) is 37.4 Å². The predicted molar refractivity (Wildman–Crippen MR) is 162 cm³/mol. The van der Waals surface area contributed by atoms with E-state index >= 15 is 0 Å². The molecule has 248 valence electrons. The minimum Gasteiger partial charge on any atom is -0.504 e. The third-order valence-corrected chi connectivity index (χ3v) is 10.0. The summed E-state index contributed by atoms with van der Waals surface area (Å²) in [5.41, 5.74) is 1.22. The third-order valence-electron chi connectivity index (χ3n) is 10.0. The third kappa shape index (κ3) is 6.26. The van der Waals surface area contributed by atoms with Crippen LogP contribution >= 0.6 is 0 Å². The van der Waals surface area contributed by atoms with Crippen molar-refractivity contribution >= 4 is 35.6 Å². The lowest BCUT2D eigenvalue weighted by Crippen LogP contribution is -2.43. The van der Waals surface area contributed by atoms with Gasteiger partial charge in [-0.25, -0.2) is 0 Å². The van der Waals surface area contributed by atoms with Crippen molar-refractivity contribution in [3.05, 3.63) is 35.4 Å². The lowest BCUT2D eigenvalue weighted by atomic mass is 9.57. The van der Waals surface area contributed by atoms with Gasteiger partial charge in [0.05, 0.1) is 30.3 Å². The van der Waals surface area contributed by atoms with Gasteiger partial charge in [-0.1, -0.05) is 36.6 Å². The summed E-state index contributed by atoms with van der Waals surface area (Å²) in [6.07, 6.45) is 5.43. The number of aliphatic carboxylic acids is 2. The molecule has 4 aliphatic rings. The largest absolute Gasteiger partial charge is 0.504 e. The van der Waals surface area contributed by atoms with Gasteiger partial charge in [-0.3, -0.25) is 38.6 Å². The molecular weight excluding hydrogens is 596 g/mol. The Morgan fingerprint density at radius 2 is 1.37 bits per heavy atom. The van der Waals surface area contributed by atoms with Crippen LogP contribution in [0.15, 0.2) is 29.8 Å². The molecule has 0 spiro atoms. The summed E-state index contributed by atoms with van der Waals surface area (Å²) in [6, 6.07) is 5.07. The summed E-state index contributed by atoms with van der Waals surface area (Å²) in [4.78, 5) is 79.6. The maximum Gasteiger partial charge on any atom is 0.303 e. The second-order valence-corrected chi connectivity index (χ2v) is 12.7. The number of phenols is 1. The zero-order valence-corrected chi connectivity index (χ0v) is 26.1. The molecule has 0 unspecified atom stereocenters. The fraction of sp³-hybridized carbons (Fsp3) is 0.588. The Morgan fingerprint density at radius 1 is 0.783 bits per heavy atom. The molecule has 4 amide bonds. The number of unbranched alkanes of at least 4 members (excludes halogenated alkanes) is 4. The number of aromatic hydroxyl groups is 1.